The maximum atomic E-state index is 13.3. The van der Waals surface area contributed by atoms with Crippen LogP contribution in [0.1, 0.15) is 86.0 Å². The van der Waals surface area contributed by atoms with Gasteiger partial charge in [-0.25, -0.2) is 4.31 Å². The number of nitrogens with zero attached hydrogens (tertiary/aromatic N) is 1. The number of ketones is 2. The molecule has 2 aliphatic carbocycles. The Morgan fingerprint density at radius 2 is 1.87 bits per heavy atom. The van der Waals surface area contributed by atoms with Crippen molar-refractivity contribution in [2.24, 2.45) is 41.2 Å². The molecule has 260 valence electrons. The Bertz CT molecular complexity index is 1090. The van der Waals surface area contributed by atoms with Gasteiger partial charge in [0.25, 0.3) is 0 Å². The highest BCUT2D eigenvalue weighted by Gasteiger charge is 2.40. The molecule has 5 N–H and O–H groups in total. The number of ether oxygens (including phenoxy) is 1. The molecule has 0 aromatic heterocycles. The van der Waals surface area contributed by atoms with Crippen LogP contribution in [-0.2, 0) is 19.1 Å². The van der Waals surface area contributed by atoms with E-state index in [-0.39, 0.29) is 78.4 Å². The molecule has 46 heavy (non-hydrogen) atoms. The van der Waals surface area contributed by atoms with E-state index in [1.165, 1.54) is 24.4 Å². The van der Waals surface area contributed by atoms with Crippen LogP contribution in [0.3, 0.4) is 0 Å². The number of aliphatic hydroxyl groups is 2. The first kappa shape index (κ1) is 40.1. The minimum atomic E-state index is -0.559. The largest absolute Gasteiger partial charge is 0.404 e. The molecule has 10 atom stereocenters. The fourth-order valence-corrected chi connectivity index (χ4v) is 7.90. The average molecular weight is 662 g/mol. The van der Waals surface area contributed by atoms with Gasteiger partial charge in [-0.2, -0.15) is 0 Å². The van der Waals surface area contributed by atoms with E-state index >= 15 is 0 Å². The van der Waals surface area contributed by atoms with Gasteiger partial charge in [0.05, 0.1) is 18.3 Å². The summed E-state index contributed by atoms with van der Waals surface area (Å²) in [5.41, 5.74) is 7.19. The summed E-state index contributed by atoms with van der Waals surface area (Å²) in [7, 11) is 1.93. The lowest BCUT2D eigenvalue weighted by atomic mass is 9.78. The Balaban J connectivity index is 2.39. The van der Waals surface area contributed by atoms with Gasteiger partial charge in [0.1, 0.15) is 12.1 Å². The number of Topliss-reactive ketones (excluding diaryl/α,β-unsaturated/α-hetero) is 1. The van der Waals surface area contributed by atoms with E-state index in [2.05, 4.69) is 6.92 Å². The van der Waals surface area contributed by atoms with E-state index in [0.717, 1.165) is 18.3 Å². The summed E-state index contributed by atoms with van der Waals surface area (Å²) in [5, 5.41) is 28.8. The minimum absolute atomic E-state index is 0.00548. The number of nitrogens with two attached hydrogens (primary N) is 1. The molecule has 0 aliphatic heterocycles. The van der Waals surface area contributed by atoms with Gasteiger partial charge in [-0.05, 0) is 81.2 Å². The van der Waals surface area contributed by atoms with Gasteiger partial charge < -0.3 is 30.9 Å². The molecule has 9 nitrogen and oxygen atoms in total. The zero-order valence-corrected chi connectivity index (χ0v) is 29.6. The first-order valence-corrected chi connectivity index (χ1v) is 17.9. The van der Waals surface area contributed by atoms with Crippen LogP contribution in [0.2, 0.25) is 0 Å². The number of likely N-dealkylation sites (N-methyl/N-ethyl adjacent to an activating group) is 1. The van der Waals surface area contributed by atoms with Crippen LogP contribution in [0.4, 0.5) is 0 Å². The summed E-state index contributed by atoms with van der Waals surface area (Å²) in [6.45, 7) is 9.86. The maximum absolute atomic E-state index is 13.3. The Morgan fingerprint density at radius 3 is 2.48 bits per heavy atom. The Kier molecular flexibility index (Phi) is 17.7. The van der Waals surface area contributed by atoms with Crippen LogP contribution in [0, 0.1) is 40.9 Å². The molecule has 0 saturated heterocycles. The monoisotopic (exact) mass is 661 g/mol. The molecule has 10 heteroatoms. The summed E-state index contributed by atoms with van der Waals surface area (Å²) in [6, 6.07) is -0.191. The quantitative estimate of drug-likeness (QED) is 0.131. The molecular formula is C36H59N3O6S. The molecule has 0 spiro atoms. The summed E-state index contributed by atoms with van der Waals surface area (Å²) in [5.74, 6) is -0.127. The lowest BCUT2D eigenvalue weighted by Gasteiger charge is -2.44. The number of nitrogens with one attached hydrogen (secondary N) is 1. The van der Waals surface area contributed by atoms with Gasteiger partial charge in [-0.1, -0.05) is 63.8 Å². The van der Waals surface area contributed by atoms with E-state index in [0.29, 0.717) is 49.9 Å². The van der Waals surface area contributed by atoms with Crippen molar-refractivity contribution in [1.29, 1.82) is 5.41 Å². The normalized spacial score (nSPS) is 36.2. The number of carbonyl (C=O) groups excluding carboxylic acids is 3. The number of hydrogen-bond donors (Lipinski definition) is 4. The molecule has 3 unspecified atom stereocenters. The second-order valence-electron chi connectivity index (χ2n) is 13.7. The molecule has 0 bridgehead atoms. The third-order valence-corrected chi connectivity index (χ3v) is 11.2. The molecule has 0 aromatic carbocycles. The molecule has 0 radical (unpaired) electrons. The lowest BCUT2D eigenvalue weighted by Crippen LogP contribution is -2.50. The molecule has 1 fully saturated rings. The Morgan fingerprint density at radius 1 is 1.15 bits per heavy atom. The zero-order valence-electron chi connectivity index (χ0n) is 28.8. The van der Waals surface area contributed by atoms with Crippen LogP contribution in [0.25, 0.3) is 0 Å². The van der Waals surface area contributed by atoms with Gasteiger partial charge >= 0.3 is 0 Å². The summed E-state index contributed by atoms with van der Waals surface area (Å²) < 4.78 is 8.97. The smallest absolute Gasteiger partial charge is 0.158 e. The van der Waals surface area contributed by atoms with Crippen molar-refractivity contribution in [3.63, 3.8) is 0 Å². The lowest BCUT2D eigenvalue weighted by molar-refractivity contribution is -0.131. The molecule has 1 saturated carbocycles. The van der Waals surface area contributed by atoms with Crippen molar-refractivity contribution in [3.05, 3.63) is 35.6 Å². The second-order valence-corrected chi connectivity index (χ2v) is 14.8. The van der Waals surface area contributed by atoms with Gasteiger partial charge in [-0.15, -0.1) is 0 Å². The van der Waals surface area contributed by atoms with E-state index < -0.39 is 6.10 Å². The van der Waals surface area contributed by atoms with Crippen LogP contribution < -0.4 is 5.73 Å². The predicted octanol–water partition coefficient (Wildman–Crippen LogP) is 5.30. The summed E-state index contributed by atoms with van der Waals surface area (Å²) in [6.07, 6.45) is 11.9. The summed E-state index contributed by atoms with van der Waals surface area (Å²) in [4.78, 5) is 38.5. The van der Waals surface area contributed by atoms with E-state index in [1.807, 2.05) is 45.1 Å². The van der Waals surface area contributed by atoms with Crippen molar-refractivity contribution in [3.8, 4) is 0 Å². The number of aliphatic hydroxyl groups excluding tert-OH is 2. The van der Waals surface area contributed by atoms with Crippen LogP contribution in [0.15, 0.2) is 35.6 Å². The minimum Gasteiger partial charge on any atom is -0.404 e. The first-order chi connectivity index (χ1) is 21.9. The van der Waals surface area contributed by atoms with E-state index in [4.69, 9.17) is 15.9 Å². The number of allylic oxidation sites excluding steroid dienone is 3. The van der Waals surface area contributed by atoms with Crippen molar-refractivity contribution >= 4 is 36.0 Å². The molecule has 0 amide bonds. The van der Waals surface area contributed by atoms with Gasteiger partial charge in [0, 0.05) is 55.7 Å². The van der Waals surface area contributed by atoms with Crippen molar-refractivity contribution in [2.75, 3.05) is 19.4 Å². The standard InChI is InChI=1S/C36H59N3O6S/c1-7-28-17-31(42)10-9-24(3)36(29(12-13-40)15-25(4)34(43)11-8-23(2)14-30(28)21-41)45-32-16-26(5)35(44)33(18-32)39(6)46-22-27(19-37)20-38/h8,11,13-14,19-20,24-26,28-30,32-33,35-37,41,44H,7,9-10,12,15-18,21-22,38H2,1-6H3/b11-8+,23-14+,27-20+,37-19?/t24-,25+,26?,28-,29-,30?,32+,33?,35+,36+/m0/s1. The number of hydrogen-bond acceptors (Lipinski definition) is 10. The SMILES string of the molecule is CC[C@H]1CC(=O)CC[C@H](C)[C@@H](O[C@@H]2CC(C)[C@@H](O)C(N(C)SC/C(C=N)=C/N)C2)[C@@H](CC=O)C[C@@H](C)C(=O)/C=C/C(C)=C/C1CO. The number of aldehydes is 1. The maximum Gasteiger partial charge on any atom is 0.158 e. The number of carbonyl (C=O) groups is 3. The van der Waals surface area contributed by atoms with Crippen molar-refractivity contribution < 1.29 is 29.3 Å². The third kappa shape index (κ3) is 12.2. The molecular weight excluding hydrogens is 602 g/mol. The van der Waals surface area contributed by atoms with E-state index in [9.17, 15) is 24.6 Å². The van der Waals surface area contributed by atoms with E-state index in [1.54, 1.807) is 12.2 Å². The predicted molar refractivity (Wildman–Crippen MR) is 186 cm³/mol. The fraction of sp³-hybridized carbons (Fsp3) is 0.722. The van der Waals surface area contributed by atoms with Crippen molar-refractivity contribution in [2.45, 2.75) is 110 Å². The third-order valence-electron chi connectivity index (χ3n) is 10.0. The average Bonchev–Trinajstić information content (AvgIpc) is 3.03. The highest BCUT2D eigenvalue weighted by Crippen LogP contribution is 2.37. The van der Waals surface area contributed by atoms with Gasteiger partial charge in [-0.3, -0.25) is 9.59 Å². The molecule has 2 rings (SSSR count). The van der Waals surface area contributed by atoms with Crippen LogP contribution in [-0.4, -0.2) is 82.3 Å². The highest BCUT2D eigenvalue weighted by molar-refractivity contribution is 7.97. The first-order valence-electron chi connectivity index (χ1n) is 17.0. The highest BCUT2D eigenvalue weighted by atomic mass is 32.2. The van der Waals surface area contributed by atoms with Crippen LogP contribution in [0.5, 0.6) is 0 Å². The second kappa shape index (κ2) is 20.3. The molecule has 0 heterocycles. The van der Waals surface area contributed by atoms with Crippen molar-refractivity contribution in [1.82, 2.24) is 4.31 Å². The van der Waals surface area contributed by atoms with Crippen LogP contribution >= 0.6 is 11.9 Å². The Labute approximate surface area is 281 Å². The number of rotatable bonds is 11. The zero-order chi connectivity index (χ0) is 34.4. The van der Waals surface area contributed by atoms with Gasteiger partial charge in [0.2, 0.25) is 0 Å². The molecule has 2 aliphatic rings. The van der Waals surface area contributed by atoms with Gasteiger partial charge in [0.15, 0.2) is 5.78 Å². The summed E-state index contributed by atoms with van der Waals surface area (Å²) >= 11 is 1.50. The topological polar surface area (TPSA) is 154 Å². The molecule has 0 aromatic rings. The fourth-order valence-electron chi connectivity index (χ4n) is 6.97. The Hall–Kier alpha value is -2.11.